The van der Waals surface area contributed by atoms with E-state index in [0.29, 0.717) is 18.0 Å². The lowest BCUT2D eigenvalue weighted by molar-refractivity contribution is 0.0597. The Morgan fingerprint density at radius 2 is 1.75 bits per heavy atom. The molecule has 0 aliphatic rings. The molecule has 0 bridgehead atoms. The largest absolute Gasteiger partial charge is 0.497 e. The van der Waals surface area contributed by atoms with Crippen LogP contribution in [0.5, 0.6) is 5.75 Å². The van der Waals surface area contributed by atoms with E-state index in [-0.39, 0.29) is 5.56 Å². The van der Waals surface area contributed by atoms with Gasteiger partial charge in [0.05, 0.1) is 19.9 Å². The molecule has 3 aromatic rings. The maximum absolute atomic E-state index is 12.7. The van der Waals surface area contributed by atoms with Gasteiger partial charge < -0.3 is 9.47 Å². The Hall–Kier alpha value is -3.41. The summed E-state index contributed by atoms with van der Waals surface area (Å²) in [7, 11) is 2.85. The molecule has 6 nitrogen and oxygen atoms in total. The first-order valence-electron chi connectivity index (χ1n) is 9.01. The summed E-state index contributed by atoms with van der Waals surface area (Å²) in [6.45, 7) is 0.404. The number of methoxy groups -OCH3 is 2. The van der Waals surface area contributed by atoms with Crippen LogP contribution >= 0.6 is 0 Å². The first-order chi connectivity index (χ1) is 13.6. The number of carbonyl (C=O) groups excluding carboxylic acids is 1. The average molecular weight is 378 g/mol. The van der Waals surface area contributed by atoms with Crippen LogP contribution in [0, 0.1) is 0 Å². The highest BCUT2D eigenvalue weighted by atomic mass is 16.5. The molecule has 0 atom stereocenters. The Morgan fingerprint density at radius 3 is 2.39 bits per heavy atom. The van der Waals surface area contributed by atoms with Gasteiger partial charge in [-0.25, -0.2) is 9.48 Å². The third kappa shape index (κ3) is 4.46. The number of rotatable bonds is 7. The third-order valence-electron chi connectivity index (χ3n) is 4.44. The normalized spacial score (nSPS) is 10.5. The van der Waals surface area contributed by atoms with Gasteiger partial charge in [-0.3, -0.25) is 4.79 Å². The van der Waals surface area contributed by atoms with Crippen LogP contribution in [-0.4, -0.2) is 30.0 Å². The van der Waals surface area contributed by atoms with Gasteiger partial charge in [-0.15, -0.1) is 0 Å². The van der Waals surface area contributed by atoms with Crippen LogP contribution in [0.1, 0.15) is 22.3 Å². The van der Waals surface area contributed by atoms with Crippen molar-refractivity contribution in [2.75, 3.05) is 14.2 Å². The molecule has 28 heavy (non-hydrogen) atoms. The molecule has 0 spiro atoms. The van der Waals surface area contributed by atoms with Gasteiger partial charge in [-0.2, -0.15) is 5.10 Å². The predicted molar refractivity (Wildman–Crippen MR) is 107 cm³/mol. The molecular formula is C22H22N2O4. The van der Waals surface area contributed by atoms with E-state index in [0.717, 1.165) is 18.4 Å². The Labute approximate surface area is 163 Å². The molecule has 0 fully saturated rings. The molecule has 6 heteroatoms. The third-order valence-corrected chi connectivity index (χ3v) is 4.44. The van der Waals surface area contributed by atoms with Gasteiger partial charge >= 0.3 is 5.97 Å². The van der Waals surface area contributed by atoms with Crippen molar-refractivity contribution in [2.45, 2.75) is 19.4 Å². The lowest BCUT2D eigenvalue weighted by Crippen LogP contribution is -2.29. The van der Waals surface area contributed by atoms with E-state index in [4.69, 9.17) is 9.47 Å². The summed E-state index contributed by atoms with van der Waals surface area (Å²) in [5.41, 5.74) is 2.03. The van der Waals surface area contributed by atoms with Crippen LogP contribution < -0.4 is 10.3 Å². The Kier molecular flexibility index (Phi) is 6.22. The van der Waals surface area contributed by atoms with Crippen LogP contribution in [0.4, 0.5) is 0 Å². The van der Waals surface area contributed by atoms with Crippen molar-refractivity contribution in [1.29, 1.82) is 0 Å². The van der Waals surface area contributed by atoms with Gasteiger partial charge in [-0.05, 0) is 48.7 Å². The number of aromatic nitrogens is 2. The molecule has 0 saturated heterocycles. The Morgan fingerprint density at radius 1 is 1.04 bits per heavy atom. The maximum atomic E-state index is 12.7. The maximum Gasteiger partial charge on any atom is 0.343 e. The molecule has 0 unspecified atom stereocenters. The fourth-order valence-corrected chi connectivity index (χ4v) is 2.93. The van der Waals surface area contributed by atoms with Crippen molar-refractivity contribution in [3.05, 3.63) is 82.1 Å². The monoisotopic (exact) mass is 378 g/mol. The predicted octanol–water partition coefficient (Wildman–Crippen LogP) is 3.34. The molecule has 0 saturated carbocycles. The number of benzene rings is 2. The minimum Gasteiger partial charge on any atom is -0.497 e. The summed E-state index contributed by atoms with van der Waals surface area (Å²) in [4.78, 5) is 24.8. The zero-order valence-corrected chi connectivity index (χ0v) is 15.9. The van der Waals surface area contributed by atoms with Gasteiger partial charge in [0, 0.05) is 12.1 Å². The summed E-state index contributed by atoms with van der Waals surface area (Å²) in [5, 5.41) is 4.46. The van der Waals surface area contributed by atoms with E-state index >= 15 is 0 Å². The second-order valence-corrected chi connectivity index (χ2v) is 6.28. The highest BCUT2D eigenvalue weighted by Crippen LogP contribution is 2.20. The van der Waals surface area contributed by atoms with Crippen LogP contribution in [0.2, 0.25) is 0 Å². The van der Waals surface area contributed by atoms with Crippen LogP contribution in [0.25, 0.3) is 11.3 Å². The summed E-state index contributed by atoms with van der Waals surface area (Å²) in [6.07, 6.45) is 1.54. The highest BCUT2D eigenvalue weighted by molar-refractivity contribution is 5.90. The molecular weight excluding hydrogens is 356 g/mol. The summed E-state index contributed by atoms with van der Waals surface area (Å²) in [5.74, 6) is 0.0482. The standard InChI is InChI=1S/C22H22N2O4/c1-27-18-12-10-17(11-13-18)20-15-19(22(26)28-2)21(25)24(23-20)14-6-9-16-7-4-3-5-8-16/h3-5,7-8,10-13,15H,6,9,14H2,1-2H3. The van der Waals surface area contributed by atoms with Crippen molar-refractivity contribution in [1.82, 2.24) is 9.78 Å². The molecule has 1 aromatic heterocycles. The van der Waals surface area contributed by atoms with E-state index in [2.05, 4.69) is 5.10 Å². The SMILES string of the molecule is COC(=O)c1cc(-c2ccc(OC)cc2)nn(CCCc2ccccc2)c1=O. The minimum absolute atomic E-state index is 0.0250. The molecule has 1 heterocycles. The number of hydrogen-bond donors (Lipinski definition) is 0. The first kappa shape index (κ1) is 19.4. The second kappa shape index (κ2) is 8.99. The van der Waals surface area contributed by atoms with Gasteiger partial charge in [0.1, 0.15) is 11.3 Å². The average Bonchev–Trinajstić information content (AvgIpc) is 2.75. The first-order valence-corrected chi connectivity index (χ1v) is 9.01. The van der Waals surface area contributed by atoms with Gasteiger partial charge in [0.2, 0.25) is 0 Å². The van der Waals surface area contributed by atoms with E-state index in [1.165, 1.54) is 23.4 Å². The lowest BCUT2D eigenvalue weighted by atomic mass is 10.1. The van der Waals surface area contributed by atoms with E-state index < -0.39 is 11.5 Å². The van der Waals surface area contributed by atoms with Crippen LogP contribution in [0.15, 0.2) is 65.5 Å². The lowest BCUT2D eigenvalue weighted by Gasteiger charge is -2.10. The fraction of sp³-hybridized carbons (Fsp3) is 0.227. The number of aryl methyl sites for hydroxylation is 2. The number of nitrogens with zero attached hydrogens (tertiary/aromatic N) is 2. The topological polar surface area (TPSA) is 70.4 Å². The number of hydrogen-bond acceptors (Lipinski definition) is 5. The number of esters is 1. The van der Waals surface area contributed by atoms with Crippen molar-refractivity contribution in [3.8, 4) is 17.0 Å². The quantitative estimate of drug-likeness (QED) is 0.590. The smallest absolute Gasteiger partial charge is 0.343 e. The highest BCUT2D eigenvalue weighted by Gasteiger charge is 2.17. The van der Waals surface area contributed by atoms with Gasteiger partial charge in [0.15, 0.2) is 0 Å². The van der Waals surface area contributed by atoms with Crippen molar-refractivity contribution >= 4 is 5.97 Å². The summed E-state index contributed by atoms with van der Waals surface area (Å²) < 4.78 is 11.3. The molecule has 0 amide bonds. The van der Waals surface area contributed by atoms with E-state index in [1.54, 1.807) is 19.2 Å². The van der Waals surface area contributed by atoms with Crippen LogP contribution in [0.3, 0.4) is 0 Å². The molecule has 0 aliphatic carbocycles. The Balaban J connectivity index is 1.90. The molecule has 144 valence electrons. The van der Waals surface area contributed by atoms with Crippen molar-refractivity contribution in [3.63, 3.8) is 0 Å². The second-order valence-electron chi connectivity index (χ2n) is 6.28. The molecule has 2 aromatic carbocycles. The van der Waals surface area contributed by atoms with E-state index in [1.807, 2.05) is 42.5 Å². The summed E-state index contributed by atoms with van der Waals surface area (Å²) in [6, 6.07) is 18.8. The number of carbonyl (C=O) groups is 1. The zero-order valence-electron chi connectivity index (χ0n) is 15.9. The van der Waals surface area contributed by atoms with Crippen molar-refractivity contribution < 1.29 is 14.3 Å². The molecule has 0 N–H and O–H groups in total. The molecule has 0 radical (unpaired) electrons. The van der Waals surface area contributed by atoms with Gasteiger partial charge in [0.25, 0.3) is 5.56 Å². The Bertz CT molecular complexity index is 995. The molecule has 0 aliphatic heterocycles. The fourth-order valence-electron chi connectivity index (χ4n) is 2.93. The summed E-state index contributed by atoms with van der Waals surface area (Å²) >= 11 is 0. The van der Waals surface area contributed by atoms with Gasteiger partial charge in [-0.1, -0.05) is 30.3 Å². The van der Waals surface area contributed by atoms with E-state index in [9.17, 15) is 9.59 Å². The minimum atomic E-state index is -0.668. The van der Waals surface area contributed by atoms with Crippen LogP contribution in [-0.2, 0) is 17.7 Å². The number of ether oxygens (including phenoxy) is 2. The molecule has 3 rings (SSSR count). The van der Waals surface area contributed by atoms with Crippen molar-refractivity contribution in [2.24, 2.45) is 0 Å². The zero-order chi connectivity index (χ0) is 19.9.